The molecular formula is C16H19BrFN. The lowest BCUT2D eigenvalue weighted by atomic mass is 9.60. The van der Waals surface area contributed by atoms with Crippen molar-refractivity contribution in [3.63, 3.8) is 0 Å². The maximum absolute atomic E-state index is 13.9. The van der Waals surface area contributed by atoms with Crippen LogP contribution in [0.2, 0.25) is 0 Å². The molecule has 1 saturated carbocycles. The van der Waals surface area contributed by atoms with Gasteiger partial charge >= 0.3 is 0 Å². The molecule has 3 rings (SSSR count). The van der Waals surface area contributed by atoms with Crippen LogP contribution in [0.25, 0.3) is 0 Å². The van der Waals surface area contributed by atoms with E-state index >= 15 is 0 Å². The van der Waals surface area contributed by atoms with Crippen molar-refractivity contribution in [1.29, 1.82) is 0 Å². The maximum atomic E-state index is 13.9. The Hall–Kier alpha value is -0.700. The number of halogens is 2. The summed E-state index contributed by atoms with van der Waals surface area (Å²) in [5, 5.41) is 0. The summed E-state index contributed by atoms with van der Waals surface area (Å²) in [5.74, 6) is 0.943. The molecular weight excluding hydrogens is 305 g/mol. The summed E-state index contributed by atoms with van der Waals surface area (Å²) >= 11 is 3.76. The van der Waals surface area contributed by atoms with Gasteiger partial charge in [0.25, 0.3) is 0 Å². The summed E-state index contributed by atoms with van der Waals surface area (Å²) in [7, 11) is 0. The highest BCUT2D eigenvalue weighted by atomic mass is 79.9. The van der Waals surface area contributed by atoms with Crippen LogP contribution >= 0.6 is 15.9 Å². The molecule has 3 unspecified atom stereocenters. The van der Waals surface area contributed by atoms with Gasteiger partial charge in [-0.15, -0.1) is 0 Å². The van der Waals surface area contributed by atoms with Crippen LogP contribution in [-0.2, 0) is 5.41 Å². The summed E-state index contributed by atoms with van der Waals surface area (Å²) in [6, 6.07) is 5.39. The van der Waals surface area contributed by atoms with Crippen LogP contribution in [0.3, 0.4) is 0 Å². The minimum Gasteiger partial charge on any atom is -0.257 e. The van der Waals surface area contributed by atoms with E-state index in [1.165, 1.54) is 18.9 Å². The molecule has 0 amide bonds. The summed E-state index contributed by atoms with van der Waals surface area (Å²) < 4.78 is 13.9. The van der Waals surface area contributed by atoms with E-state index in [0.717, 1.165) is 12.0 Å². The van der Waals surface area contributed by atoms with Gasteiger partial charge < -0.3 is 0 Å². The Kier molecular flexibility index (Phi) is 3.28. The Morgan fingerprint density at radius 3 is 2.89 bits per heavy atom. The third-order valence-corrected chi connectivity index (χ3v) is 5.51. The molecule has 1 heterocycles. The number of benzene rings is 1. The van der Waals surface area contributed by atoms with E-state index in [4.69, 9.17) is 0 Å². The predicted molar refractivity (Wildman–Crippen MR) is 81.1 cm³/mol. The van der Waals surface area contributed by atoms with E-state index in [9.17, 15) is 4.39 Å². The molecule has 1 fully saturated rings. The van der Waals surface area contributed by atoms with E-state index < -0.39 is 0 Å². The summed E-state index contributed by atoms with van der Waals surface area (Å²) in [4.78, 5) is 4.92. The average Bonchev–Trinajstić information content (AvgIpc) is 2.70. The molecule has 0 N–H and O–H groups in total. The van der Waals surface area contributed by atoms with Gasteiger partial charge in [-0.2, -0.15) is 0 Å². The Labute approximate surface area is 122 Å². The quantitative estimate of drug-likeness (QED) is 0.645. The molecule has 0 aromatic heterocycles. The highest BCUT2D eigenvalue weighted by Gasteiger charge is 2.48. The third-order valence-electron chi connectivity index (χ3n) is 4.73. The van der Waals surface area contributed by atoms with Crippen LogP contribution in [0, 0.1) is 17.7 Å². The fraction of sp³-hybridized carbons (Fsp3) is 0.562. The van der Waals surface area contributed by atoms with Gasteiger partial charge in [0, 0.05) is 16.5 Å². The summed E-state index contributed by atoms with van der Waals surface area (Å²) in [6.07, 6.45) is 5.42. The van der Waals surface area contributed by atoms with Crippen molar-refractivity contribution < 1.29 is 4.39 Å². The molecule has 1 aliphatic carbocycles. The van der Waals surface area contributed by atoms with E-state index in [0.29, 0.717) is 22.4 Å². The molecule has 1 aromatic rings. The Bertz CT molecular complexity index is 525. The molecule has 19 heavy (non-hydrogen) atoms. The number of rotatable bonds is 1. The first kappa shape index (κ1) is 13.3. The van der Waals surface area contributed by atoms with Gasteiger partial charge in [0.2, 0.25) is 0 Å². The zero-order valence-corrected chi connectivity index (χ0v) is 13.0. The molecule has 3 atom stereocenters. The van der Waals surface area contributed by atoms with Gasteiger partial charge in [-0.1, -0.05) is 41.9 Å². The average molecular weight is 324 g/mol. The van der Waals surface area contributed by atoms with Gasteiger partial charge in [0.15, 0.2) is 0 Å². The van der Waals surface area contributed by atoms with E-state index in [1.807, 2.05) is 12.3 Å². The van der Waals surface area contributed by atoms with Crippen LogP contribution < -0.4 is 0 Å². The Morgan fingerprint density at radius 1 is 1.37 bits per heavy atom. The van der Waals surface area contributed by atoms with Gasteiger partial charge in [0.1, 0.15) is 11.5 Å². The van der Waals surface area contributed by atoms with Crippen LogP contribution in [-0.4, -0.2) is 11.0 Å². The second kappa shape index (κ2) is 4.69. The number of fused-ring (bicyclic) bond motifs is 2. The molecule has 2 aliphatic rings. The summed E-state index contributed by atoms with van der Waals surface area (Å²) in [5.41, 5.74) is 1.59. The first-order valence-corrected chi connectivity index (χ1v) is 7.94. The molecule has 1 aliphatic heterocycles. The monoisotopic (exact) mass is 323 g/mol. The molecule has 1 spiro atoms. The van der Waals surface area contributed by atoms with Crippen molar-refractivity contribution in [2.24, 2.45) is 16.8 Å². The fourth-order valence-corrected chi connectivity index (χ4v) is 4.70. The number of nitrogens with zero attached hydrogens (tertiary/aromatic N) is 1. The number of hydrogen-bond acceptors (Lipinski definition) is 1. The highest BCUT2D eigenvalue weighted by Crippen LogP contribution is 2.53. The Balaban J connectivity index is 2.13. The van der Waals surface area contributed by atoms with Crippen LogP contribution in [0.5, 0.6) is 0 Å². The van der Waals surface area contributed by atoms with E-state index in [2.05, 4.69) is 40.8 Å². The molecule has 1 nitrogen and oxygen atoms in total. The lowest BCUT2D eigenvalue weighted by Crippen LogP contribution is -2.43. The standard InChI is InChI=1S/C16H19BrFN/c1-10(2)12-7-6-11(17)8-16(12)9-19-15-13(16)4-3-5-14(15)18/h3-5,9-12H,6-8H2,1-2H3. The van der Waals surface area contributed by atoms with Gasteiger partial charge in [-0.25, -0.2) is 4.39 Å². The van der Waals surface area contributed by atoms with Crippen molar-refractivity contribution in [1.82, 2.24) is 0 Å². The maximum Gasteiger partial charge on any atom is 0.149 e. The number of alkyl halides is 1. The molecule has 1 aromatic carbocycles. The first-order valence-electron chi connectivity index (χ1n) is 7.03. The van der Waals surface area contributed by atoms with Gasteiger partial charge in [0.05, 0.1) is 0 Å². The largest absolute Gasteiger partial charge is 0.257 e. The van der Waals surface area contributed by atoms with Gasteiger partial charge in [-0.05, 0) is 42.7 Å². The highest BCUT2D eigenvalue weighted by molar-refractivity contribution is 9.09. The normalized spacial score (nSPS) is 33.1. The minimum absolute atomic E-state index is 0.0714. The van der Waals surface area contributed by atoms with Crippen molar-refractivity contribution in [2.45, 2.75) is 43.4 Å². The molecule has 0 bridgehead atoms. The zero-order valence-electron chi connectivity index (χ0n) is 11.4. The smallest absolute Gasteiger partial charge is 0.149 e. The third kappa shape index (κ3) is 1.97. The van der Waals surface area contributed by atoms with Crippen LogP contribution in [0.1, 0.15) is 38.7 Å². The van der Waals surface area contributed by atoms with Crippen LogP contribution in [0.15, 0.2) is 23.2 Å². The van der Waals surface area contributed by atoms with Gasteiger partial charge in [-0.3, -0.25) is 4.99 Å². The SMILES string of the molecule is CC(C)C1CCC(Br)CC12C=Nc1c(F)cccc12. The first-order chi connectivity index (χ1) is 9.04. The minimum atomic E-state index is -0.190. The summed E-state index contributed by atoms with van der Waals surface area (Å²) in [6.45, 7) is 4.54. The van der Waals surface area contributed by atoms with Crippen LogP contribution in [0.4, 0.5) is 10.1 Å². The number of para-hydroxylation sites is 1. The lowest BCUT2D eigenvalue weighted by molar-refractivity contribution is 0.206. The molecule has 0 saturated heterocycles. The predicted octanol–water partition coefficient (Wildman–Crippen LogP) is 5.00. The van der Waals surface area contributed by atoms with Crippen molar-refractivity contribution in [3.8, 4) is 0 Å². The van der Waals surface area contributed by atoms with Crippen molar-refractivity contribution >= 4 is 27.8 Å². The zero-order chi connectivity index (χ0) is 13.6. The number of aliphatic imine (C=N–C) groups is 1. The second-order valence-electron chi connectivity index (χ2n) is 6.16. The topological polar surface area (TPSA) is 12.4 Å². The molecule has 0 radical (unpaired) electrons. The number of hydrogen-bond donors (Lipinski definition) is 0. The second-order valence-corrected chi connectivity index (χ2v) is 7.46. The van der Waals surface area contributed by atoms with Crippen molar-refractivity contribution in [3.05, 3.63) is 29.6 Å². The fourth-order valence-electron chi connectivity index (χ4n) is 3.90. The van der Waals surface area contributed by atoms with E-state index in [-0.39, 0.29) is 11.2 Å². The Morgan fingerprint density at radius 2 is 2.16 bits per heavy atom. The molecule has 102 valence electrons. The lowest BCUT2D eigenvalue weighted by Gasteiger charge is -2.44. The van der Waals surface area contributed by atoms with E-state index in [1.54, 1.807) is 0 Å². The van der Waals surface area contributed by atoms with Crippen molar-refractivity contribution in [2.75, 3.05) is 0 Å². The molecule has 3 heteroatoms.